The van der Waals surface area contributed by atoms with Gasteiger partial charge >= 0.3 is 6.03 Å². The van der Waals surface area contributed by atoms with E-state index in [1.165, 1.54) is 34.8 Å². The fraction of sp³-hybridized carbons (Fsp3) is 0.429. The summed E-state index contributed by atoms with van der Waals surface area (Å²) in [7, 11) is -4.05. The summed E-state index contributed by atoms with van der Waals surface area (Å²) in [6.07, 6.45) is 3.53. The van der Waals surface area contributed by atoms with Crippen molar-refractivity contribution in [2.24, 2.45) is 17.0 Å². The van der Waals surface area contributed by atoms with E-state index >= 15 is 0 Å². The topological polar surface area (TPSA) is 156 Å². The number of aliphatic hydroxyl groups is 1. The molecule has 0 unspecified atom stereocenters. The van der Waals surface area contributed by atoms with Crippen LogP contribution in [0.2, 0.25) is 0 Å². The van der Waals surface area contributed by atoms with Crippen molar-refractivity contribution in [2.45, 2.75) is 63.7 Å². The highest BCUT2D eigenvalue weighted by atomic mass is 32.2. The second kappa shape index (κ2) is 16.7. The van der Waals surface area contributed by atoms with E-state index in [1.807, 2.05) is 70.2 Å². The number of amides is 3. The minimum Gasteiger partial charge on any atom is -0.411 e. The zero-order valence-corrected chi connectivity index (χ0v) is 28.7. The zero-order valence-electron chi connectivity index (χ0n) is 27.9. The van der Waals surface area contributed by atoms with E-state index in [9.17, 15) is 23.1 Å². The molecule has 13 heteroatoms. The Morgan fingerprint density at radius 1 is 1.00 bits per heavy atom. The van der Waals surface area contributed by atoms with Crippen molar-refractivity contribution in [1.82, 2.24) is 24.4 Å². The number of rotatable bonds is 16. The molecule has 2 heterocycles. The van der Waals surface area contributed by atoms with E-state index in [-0.39, 0.29) is 42.3 Å². The number of aliphatic hydroxyl groups excluding tert-OH is 1. The average molecular weight is 679 g/mol. The molecular formula is C35H46N6O6S. The Balaban J connectivity index is 1.57. The molecule has 1 aromatic heterocycles. The lowest BCUT2D eigenvalue weighted by Crippen LogP contribution is -2.57. The molecule has 0 spiro atoms. The summed E-state index contributed by atoms with van der Waals surface area (Å²) in [6, 6.07) is 17.0. The summed E-state index contributed by atoms with van der Waals surface area (Å²) in [5, 5.41) is 26.5. The van der Waals surface area contributed by atoms with E-state index in [2.05, 4.69) is 15.5 Å². The zero-order chi connectivity index (χ0) is 34.8. The molecule has 1 fully saturated rings. The van der Waals surface area contributed by atoms with Crippen LogP contribution in [0, 0.1) is 11.8 Å². The van der Waals surface area contributed by atoms with Gasteiger partial charge in [-0.3, -0.25) is 9.78 Å². The van der Waals surface area contributed by atoms with Crippen LogP contribution in [0.5, 0.6) is 0 Å². The van der Waals surface area contributed by atoms with Gasteiger partial charge in [-0.1, -0.05) is 81.4 Å². The number of aromatic nitrogens is 1. The van der Waals surface area contributed by atoms with Gasteiger partial charge in [-0.25, -0.2) is 13.2 Å². The van der Waals surface area contributed by atoms with Crippen molar-refractivity contribution in [2.75, 3.05) is 26.2 Å². The highest BCUT2D eigenvalue weighted by Crippen LogP contribution is 2.23. The molecule has 12 nitrogen and oxygen atoms in total. The number of sulfonamides is 1. The third-order valence-corrected chi connectivity index (χ3v) is 10.1. The molecule has 3 amide bonds. The number of benzene rings is 2. The quantitative estimate of drug-likeness (QED) is 0.119. The summed E-state index contributed by atoms with van der Waals surface area (Å²) < 4.78 is 28.9. The molecule has 3 N–H and O–H groups in total. The van der Waals surface area contributed by atoms with Crippen LogP contribution in [0.15, 0.2) is 89.2 Å². The van der Waals surface area contributed by atoms with Crippen molar-refractivity contribution in [1.29, 1.82) is 0 Å². The fourth-order valence-corrected chi connectivity index (χ4v) is 7.52. The Kier molecular flexibility index (Phi) is 12.7. The Bertz CT molecular complexity index is 1620. The first kappa shape index (κ1) is 36.5. The van der Waals surface area contributed by atoms with Gasteiger partial charge in [0.05, 0.1) is 23.3 Å². The Labute approximate surface area is 283 Å². The number of urea groups is 1. The molecule has 0 bridgehead atoms. The summed E-state index contributed by atoms with van der Waals surface area (Å²) in [6.45, 7) is 8.58. The van der Waals surface area contributed by atoms with Crippen molar-refractivity contribution in [3.05, 3.63) is 95.8 Å². The molecule has 1 aliphatic heterocycles. The van der Waals surface area contributed by atoms with Gasteiger partial charge in [0, 0.05) is 45.1 Å². The first-order chi connectivity index (χ1) is 22.9. The molecule has 258 valence electrons. The highest BCUT2D eigenvalue weighted by molar-refractivity contribution is 7.89. The van der Waals surface area contributed by atoms with Gasteiger partial charge in [0.1, 0.15) is 6.04 Å². The molecule has 1 aliphatic rings. The number of nitrogens with zero attached hydrogens (tertiary/aromatic N) is 5. The predicted octanol–water partition coefficient (Wildman–Crippen LogP) is 3.59. The average Bonchev–Trinajstić information content (AvgIpc) is 3.40. The first-order valence-electron chi connectivity index (χ1n) is 16.1. The lowest BCUT2D eigenvalue weighted by molar-refractivity contribution is -0.128. The summed E-state index contributed by atoms with van der Waals surface area (Å²) in [4.78, 5) is 35.0. The van der Waals surface area contributed by atoms with E-state index in [0.29, 0.717) is 25.2 Å². The van der Waals surface area contributed by atoms with Gasteiger partial charge in [-0.05, 0) is 53.1 Å². The Morgan fingerprint density at radius 3 is 2.29 bits per heavy atom. The SMILES string of the molecule is CC(C)CN(C[C@@H](O)[C@H](Cc1ccccc1)NC(=O)[C@H](C(C)C)N1CCN(Cc2cccnc2)C1=O)S(=O)(=O)c1ccc(/C=N/O)cc1. The summed E-state index contributed by atoms with van der Waals surface area (Å²) >= 11 is 0. The van der Waals surface area contributed by atoms with Crippen molar-refractivity contribution >= 4 is 28.2 Å². The molecule has 4 rings (SSSR count). The van der Waals surface area contributed by atoms with Crippen LogP contribution in [-0.4, -0.2) is 100 Å². The molecule has 0 radical (unpaired) electrons. The monoisotopic (exact) mass is 678 g/mol. The molecule has 3 aromatic rings. The lowest BCUT2D eigenvalue weighted by Gasteiger charge is -2.34. The molecular weight excluding hydrogens is 632 g/mol. The van der Waals surface area contributed by atoms with Gasteiger partial charge in [0.2, 0.25) is 15.9 Å². The van der Waals surface area contributed by atoms with Crippen LogP contribution < -0.4 is 5.32 Å². The second-order valence-electron chi connectivity index (χ2n) is 12.8. The number of nitrogens with one attached hydrogen (secondary N) is 1. The lowest BCUT2D eigenvalue weighted by atomic mass is 9.97. The van der Waals surface area contributed by atoms with Crippen LogP contribution in [-0.2, 0) is 27.8 Å². The molecule has 0 saturated carbocycles. The van der Waals surface area contributed by atoms with Gasteiger partial charge in [0.15, 0.2) is 0 Å². The van der Waals surface area contributed by atoms with Crippen molar-refractivity contribution in [3.8, 4) is 0 Å². The van der Waals surface area contributed by atoms with E-state index in [1.54, 1.807) is 22.2 Å². The van der Waals surface area contributed by atoms with Gasteiger partial charge in [-0.2, -0.15) is 4.31 Å². The van der Waals surface area contributed by atoms with Crippen molar-refractivity contribution in [3.63, 3.8) is 0 Å². The third kappa shape index (κ3) is 9.39. The largest absolute Gasteiger partial charge is 0.411 e. The first-order valence-corrected chi connectivity index (χ1v) is 17.6. The van der Waals surface area contributed by atoms with Gasteiger partial charge < -0.3 is 25.4 Å². The summed E-state index contributed by atoms with van der Waals surface area (Å²) in [5.41, 5.74) is 2.26. The van der Waals surface area contributed by atoms with E-state index in [0.717, 1.165) is 11.1 Å². The maximum Gasteiger partial charge on any atom is 0.321 e. The molecule has 3 atom stereocenters. The van der Waals surface area contributed by atoms with Crippen LogP contribution >= 0.6 is 0 Å². The van der Waals surface area contributed by atoms with E-state index in [4.69, 9.17) is 5.21 Å². The summed E-state index contributed by atoms with van der Waals surface area (Å²) in [5.74, 6) is -0.713. The fourth-order valence-electron chi connectivity index (χ4n) is 5.90. The normalized spacial score (nSPS) is 15.9. The number of carbonyl (C=O) groups is 2. The van der Waals surface area contributed by atoms with Crippen LogP contribution in [0.4, 0.5) is 4.79 Å². The molecule has 48 heavy (non-hydrogen) atoms. The van der Waals surface area contributed by atoms with Crippen LogP contribution in [0.3, 0.4) is 0 Å². The van der Waals surface area contributed by atoms with Gasteiger partial charge in [0.25, 0.3) is 0 Å². The van der Waals surface area contributed by atoms with Crippen molar-refractivity contribution < 1.29 is 28.3 Å². The smallest absolute Gasteiger partial charge is 0.321 e. The number of carbonyl (C=O) groups excluding carboxylic acids is 2. The number of hydrogen-bond donors (Lipinski definition) is 3. The standard InChI is InChI=1S/C35H46N6O6S/c1-25(2)22-40(48(46,47)30-14-12-28(13-15-30)21-37-45)24-32(42)31(19-27-9-6-5-7-10-27)38-34(43)33(26(3)4)41-18-17-39(35(41)44)23-29-11-8-16-36-20-29/h5-16,20-21,25-26,31-33,42,45H,17-19,22-24H2,1-4H3,(H,38,43)/b37-21+/t31-,32+,33-/m0/s1. The second-order valence-corrected chi connectivity index (χ2v) is 14.8. The Hall–Kier alpha value is -4.33. The number of hydrogen-bond acceptors (Lipinski definition) is 8. The molecule has 0 aliphatic carbocycles. The van der Waals surface area contributed by atoms with Crippen LogP contribution in [0.1, 0.15) is 44.4 Å². The molecule has 2 aromatic carbocycles. The Morgan fingerprint density at radius 2 is 1.69 bits per heavy atom. The maximum atomic E-state index is 14.0. The van der Waals surface area contributed by atoms with Crippen LogP contribution in [0.25, 0.3) is 0 Å². The predicted molar refractivity (Wildman–Crippen MR) is 183 cm³/mol. The number of pyridine rings is 1. The highest BCUT2D eigenvalue weighted by Gasteiger charge is 2.40. The van der Waals surface area contributed by atoms with E-state index < -0.39 is 34.1 Å². The number of oxime groups is 1. The maximum absolute atomic E-state index is 14.0. The third-order valence-electron chi connectivity index (χ3n) is 8.23. The molecule has 1 saturated heterocycles. The van der Waals surface area contributed by atoms with Gasteiger partial charge in [-0.15, -0.1) is 0 Å². The minimum atomic E-state index is -4.05. The minimum absolute atomic E-state index is 0.0253.